The van der Waals surface area contributed by atoms with E-state index in [-0.39, 0.29) is 10.6 Å². The van der Waals surface area contributed by atoms with Crippen molar-refractivity contribution >= 4 is 27.3 Å². The van der Waals surface area contributed by atoms with Gasteiger partial charge in [0.1, 0.15) is 17.2 Å². The first kappa shape index (κ1) is 23.8. The zero-order valence-corrected chi connectivity index (χ0v) is 19.8. The molecular formula is C24H26ClNO5S. The standard InChI is InChI=1S/C24H26ClNO5S/c1-4-31-22-8-6-5-7-18(22)12-9-17-10-13-19(14-11-17)32(27,28)26-21-16-23(29-2)20(25)15-24(21)30-3/h5-8,10-11,13-16,26H,4,9,12H2,1-3H3. The normalized spacial score (nSPS) is 11.1. The lowest BCUT2D eigenvalue weighted by molar-refractivity contribution is 0.336. The lowest BCUT2D eigenvalue weighted by Gasteiger charge is -2.14. The summed E-state index contributed by atoms with van der Waals surface area (Å²) < 4.78 is 44.5. The summed E-state index contributed by atoms with van der Waals surface area (Å²) in [7, 11) is -0.936. The van der Waals surface area contributed by atoms with Crippen LogP contribution in [-0.4, -0.2) is 29.2 Å². The van der Waals surface area contributed by atoms with E-state index in [1.54, 1.807) is 12.1 Å². The number of methoxy groups -OCH3 is 2. The fourth-order valence-corrected chi connectivity index (χ4v) is 4.56. The van der Waals surface area contributed by atoms with E-state index in [1.807, 2.05) is 43.3 Å². The molecule has 0 spiro atoms. The van der Waals surface area contributed by atoms with Crippen LogP contribution in [0.3, 0.4) is 0 Å². The summed E-state index contributed by atoms with van der Waals surface area (Å²) in [6.07, 6.45) is 1.56. The fraction of sp³-hybridized carbons (Fsp3) is 0.250. The van der Waals surface area contributed by atoms with Crippen molar-refractivity contribution < 1.29 is 22.6 Å². The third-order valence-electron chi connectivity index (χ3n) is 4.91. The van der Waals surface area contributed by atoms with E-state index in [1.165, 1.54) is 26.4 Å². The number of hydrogen-bond acceptors (Lipinski definition) is 5. The van der Waals surface area contributed by atoms with Gasteiger partial charge in [0.05, 0.1) is 36.4 Å². The van der Waals surface area contributed by atoms with E-state index in [0.717, 1.165) is 29.7 Å². The van der Waals surface area contributed by atoms with Crippen LogP contribution in [0.5, 0.6) is 17.2 Å². The molecule has 0 unspecified atom stereocenters. The molecule has 0 saturated heterocycles. The molecule has 0 amide bonds. The Morgan fingerprint density at radius 1 is 0.875 bits per heavy atom. The molecule has 3 aromatic carbocycles. The van der Waals surface area contributed by atoms with Crippen molar-refractivity contribution in [2.75, 3.05) is 25.5 Å². The van der Waals surface area contributed by atoms with Crippen LogP contribution >= 0.6 is 11.6 Å². The molecule has 0 aliphatic heterocycles. The second kappa shape index (κ2) is 10.6. The second-order valence-electron chi connectivity index (χ2n) is 6.98. The van der Waals surface area contributed by atoms with Gasteiger partial charge in [0.15, 0.2) is 0 Å². The van der Waals surface area contributed by atoms with E-state index < -0.39 is 10.0 Å². The van der Waals surface area contributed by atoms with Crippen molar-refractivity contribution in [1.82, 2.24) is 0 Å². The Hall–Kier alpha value is -2.90. The van der Waals surface area contributed by atoms with Gasteiger partial charge in [-0.05, 0) is 49.1 Å². The Morgan fingerprint density at radius 2 is 1.56 bits per heavy atom. The summed E-state index contributed by atoms with van der Waals surface area (Å²) in [6.45, 7) is 2.57. The van der Waals surface area contributed by atoms with Crippen LogP contribution in [0.15, 0.2) is 65.6 Å². The van der Waals surface area contributed by atoms with Gasteiger partial charge >= 0.3 is 0 Å². The minimum atomic E-state index is -3.83. The Balaban J connectivity index is 1.74. The third kappa shape index (κ3) is 5.66. The molecular weight excluding hydrogens is 450 g/mol. The monoisotopic (exact) mass is 475 g/mol. The number of rotatable bonds is 10. The van der Waals surface area contributed by atoms with Gasteiger partial charge < -0.3 is 14.2 Å². The largest absolute Gasteiger partial charge is 0.495 e. The van der Waals surface area contributed by atoms with E-state index in [4.69, 9.17) is 25.8 Å². The van der Waals surface area contributed by atoms with Crippen molar-refractivity contribution in [3.8, 4) is 17.2 Å². The van der Waals surface area contributed by atoms with Crippen LogP contribution < -0.4 is 18.9 Å². The van der Waals surface area contributed by atoms with Crippen LogP contribution in [-0.2, 0) is 22.9 Å². The summed E-state index contributed by atoms with van der Waals surface area (Å²) >= 11 is 6.10. The highest BCUT2D eigenvalue weighted by Gasteiger charge is 2.19. The number of para-hydroxylation sites is 1. The smallest absolute Gasteiger partial charge is 0.262 e. The molecule has 0 fully saturated rings. The zero-order chi connectivity index (χ0) is 23.1. The third-order valence-corrected chi connectivity index (χ3v) is 6.58. The molecule has 170 valence electrons. The Morgan fingerprint density at radius 3 is 2.22 bits per heavy atom. The van der Waals surface area contributed by atoms with Gasteiger partial charge in [-0.1, -0.05) is 41.9 Å². The molecule has 0 saturated carbocycles. The molecule has 8 heteroatoms. The van der Waals surface area contributed by atoms with E-state index >= 15 is 0 Å². The maximum Gasteiger partial charge on any atom is 0.262 e. The van der Waals surface area contributed by atoms with Crippen molar-refractivity contribution in [3.05, 3.63) is 76.8 Å². The Labute approximate surface area is 194 Å². The van der Waals surface area contributed by atoms with Crippen LogP contribution in [0.1, 0.15) is 18.1 Å². The zero-order valence-electron chi connectivity index (χ0n) is 18.2. The molecule has 3 aromatic rings. The van der Waals surface area contributed by atoms with Gasteiger partial charge in [-0.25, -0.2) is 8.42 Å². The highest BCUT2D eigenvalue weighted by atomic mass is 35.5. The van der Waals surface area contributed by atoms with Crippen LogP contribution in [0.4, 0.5) is 5.69 Å². The number of hydrogen-bond donors (Lipinski definition) is 1. The Bertz CT molecular complexity index is 1160. The second-order valence-corrected chi connectivity index (χ2v) is 9.07. The SMILES string of the molecule is CCOc1ccccc1CCc1ccc(S(=O)(=O)Nc2cc(OC)c(Cl)cc2OC)cc1. The number of aryl methyl sites for hydroxylation is 2. The first-order valence-corrected chi connectivity index (χ1v) is 12.0. The van der Waals surface area contributed by atoms with E-state index in [2.05, 4.69) is 4.72 Å². The lowest BCUT2D eigenvalue weighted by Crippen LogP contribution is -2.14. The number of halogens is 1. The molecule has 0 atom stereocenters. The minimum absolute atomic E-state index is 0.145. The molecule has 0 aliphatic carbocycles. The summed E-state index contributed by atoms with van der Waals surface area (Å²) in [6, 6.07) is 17.7. The van der Waals surface area contributed by atoms with Crippen molar-refractivity contribution in [1.29, 1.82) is 0 Å². The Kier molecular flexibility index (Phi) is 7.88. The number of sulfonamides is 1. The molecule has 32 heavy (non-hydrogen) atoms. The summed E-state index contributed by atoms with van der Waals surface area (Å²) in [5, 5.41) is 0.322. The van der Waals surface area contributed by atoms with Crippen LogP contribution in [0.25, 0.3) is 0 Å². The number of nitrogens with one attached hydrogen (secondary N) is 1. The predicted molar refractivity (Wildman–Crippen MR) is 127 cm³/mol. The highest BCUT2D eigenvalue weighted by molar-refractivity contribution is 7.92. The fourth-order valence-electron chi connectivity index (χ4n) is 3.26. The van der Waals surface area contributed by atoms with Gasteiger partial charge in [-0.3, -0.25) is 4.72 Å². The van der Waals surface area contributed by atoms with Gasteiger partial charge in [0.2, 0.25) is 0 Å². The number of ether oxygens (including phenoxy) is 3. The average molecular weight is 476 g/mol. The molecule has 0 bridgehead atoms. The lowest BCUT2D eigenvalue weighted by atomic mass is 10.0. The molecule has 0 radical (unpaired) electrons. The summed E-state index contributed by atoms with van der Waals surface area (Å²) in [5.74, 6) is 1.52. The molecule has 0 heterocycles. The first-order chi connectivity index (χ1) is 15.4. The summed E-state index contributed by atoms with van der Waals surface area (Å²) in [4.78, 5) is 0.145. The van der Waals surface area contributed by atoms with Crippen molar-refractivity contribution in [3.63, 3.8) is 0 Å². The first-order valence-electron chi connectivity index (χ1n) is 10.1. The molecule has 3 rings (SSSR count). The van der Waals surface area contributed by atoms with E-state index in [9.17, 15) is 8.42 Å². The quantitative estimate of drug-likeness (QED) is 0.428. The summed E-state index contributed by atoms with van der Waals surface area (Å²) in [5.41, 5.74) is 2.39. The van der Waals surface area contributed by atoms with Gasteiger partial charge in [-0.15, -0.1) is 0 Å². The number of anilines is 1. The maximum atomic E-state index is 12.9. The predicted octanol–water partition coefficient (Wildman–Crippen LogP) is 5.34. The average Bonchev–Trinajstić information content (AvgIpc) is 2.79. The molecule has 0 aliphatic rings. The topological polar surface area (TPSA) is 73.9 Å². The maximum absolute atomic E-state index is 12.9. The molecule has 1 N–H and O–H groups in total. The van der Waals surface area contributed by atoms with Crippen LogP contribution in [0, 0.1) is 0 Å². The highest BCUT2D eigenvalue weighted by Crippen LogP contribution is 2.37. The van der Waals surface area contributed by atoms with E-state index in [0.29, 0.717) is 23.1 Å². The van der Waals surface area contributed by atoms with Crippen LogP contribution in [0.2, 0.25) is 5.02 Å². The molecule has 6 nitrogen and oxygen atoms in total. The minimum Gasteiger partial charge on any atom is -0.495 e. The van der Waals surface area contributed by atoms with Crippen molar-refractivity contribution in [2.45, 2.75) is 24.7 Å². The van der Waals surface area contributed by atoms with Gasteiger partial charge in [-0.2, -0.15) is 0 Å². The van der Waals surface area contributed by atoms with Gasteiger partial charge in [0.25, 0.3) is 10.0 Å². The number of benzene rings is 3. The van der Waals surface area contributed by atoms with Crippen molar-refractivity contribution in [2.24, 2.45) is 0 Å². The molecule has 0 aromatic heterocycles. The van der Waals surface area contributed by atoms with Gasteiger partial charge in [0, 0.05) is 12.1 Å².